The third kappa shape index (κ3) is 4.15. The molecule has 0 bridgehead atoms. The van der Waals surface area contributed by atoms with Gasteiger partial charge >= 0.3 is 0 Å². The minimum Gasteiger partial charge on any atom is -0.322 e. The standard InChI is InChI=1S/C22H20ClN5O/c23-19-9-8-17(25-22(29)16-6-4-5-15(13-16)10-11-24)14-18(19)21-27-26-20-7-2-1-3-12-28(20)21/h4-6,8-9,13-14H,1-3,7,10,12H2,(H,25,29). The van der Waals surface area contributed by atoms with Crippen LogP contribution in [0.1, 0.15) is 41.0 Å². The highest BCUT2D eigenvalue weighted by atomic mass is 35.5. The molecule has 2 heterocycles. The number of halogens is 1. The first-order valence-electron chi connectivity index (χ1n) is 9.65. The molecule has 1 amide bonds. The average Bonchev–Trinajstić information content (AvgIpc) is 2.97. The summed E-state index contributed by atoms with van der Waals surface area (Å²) in [6, 6.07) is 14.5. The van der Waals surface area contributed by atoms with E-state index in [0.29, 0.717) is 16.3 Å². The summed E-state index contributed by atoms with van der Waals surface area (Å²) in [6.07, 6.45) is 4.57. The summed E-state index contributed by atoms with van der Waals surface area (Å²) in [5, 5.41) is 21.0. The Hall–Kier alpha value is -3.17. The van der Waals surface area contributed by atoms with Crippen LogP contribution >= 0.6 is 11.6 Å². The van der Waals surface area contributed by atoms with Gasteiger partial charge in [-0.3, -0.25) is 4.79 Å². The van der Waals surface area contributed by atoms with Gasteiger partial charge in [0.1, 0.15) is 5.82 Å². The van der Waals surface area contributed by atoms with Crippen molar-refractivity contribution in [1.82, 2.24) is 14.8 Å². The monoisotopic (exact) mass is 405 g/mol. The van der Waals surface area contributed by atoms with Crippen molar-refractivity contribution in [2.24, 2.45) is 0 Å². The number of carbonyl (C=O) groups excluding carboxylic acids is 1. The van der Waals surface area contributed by atoms with Crippen molar-refractivity contribution < 1.29 is 4.79 Å². The minimum atomic E-state index is -0.238. The van der Waals surface area contributed by atoms with E-state index in [9.17, 15) is 4.79 Å². The lowest BCUT2D eigenvalue weighted by Crippen LogP contribution is -2.12. The highest BCUT2D eigenvalue weighted by Crippen LogP contribution is 2.31. The predicted molar refractivity (Wildman–Crippen MR) is 112 cm³/mol. The molecule has 0 atom stereocenters. The normalized spacial score (nSPS) is 13.2. The number of benzene rings is 2. The van der Waals surface area contributed by atoms with Crippen molar-refractivity contribution in [1.29, 1.82) is 5.26 Å². The molecule has 29 heavy (non-hydrogen) atoms. The minimum absolute atomic E-state index is 0.238. The van der Waals surface area contributed by atoms with Gasteiger partial charge in [-0.15, -0.1) is 10.2 Å². The average molecular weight is 406 g/mol. The lowest BCUT2D eigenvalue weighted by Gasteiger charge is -2.11. The third-order valence-corrected chi connectivity index (χ3v) is 5.38. The number of carbonyl (C=O) groups is 1. The first-order chi connectivity index (χ1) is 14.2. The predicted octanol–water partition coefficient (Wildman–Crippen LogP) is 4.64. The Morgan fingerprint density at radius 3 is 2.93 bits per heavy atom. The van der Waals surface area contributed by atoms with Crippen molar-refractivity contribution in [2.75, 3.05) is 5.32 Å². The smallest absolute Gasteiger partial charge is 0.255 e. The number of hydrogen-bond donors (Lipinski definition) is 1. The van der Waals surface area contributed by atoms with E-state index in [1.54, 1.807) is 30.3 Å². The first kappa shape index (κ1) is 19.2. The highest BCUT2D eigenvalue weighted by Gasteiger charge is 2.19. The van der Waals surface area contributed by atoms with Crippen molar-refractivity contribution >= 4 is 23.2 Å². The van der Waals surface area contributed by atoms with Gasteiger partial charge in [-0.1, -0.05) is 30.2 Å². The Morgan fingerprint density at radius 1 is 1.17 bits per heavy atom. The van der Waals surface area contributed by atoms with E-state index in [2.05, 4.69) is 26.2 Å². The maximum atomic E-state index is 12.7. The van der Waals surface area contributed by atoms with Crippen LogP contribution in [0.4, 0.5) is 5.69 Å². The van der Waals surface area contributed by atoms with Gasteiger partial charge in [0, 0.05) is 29.8 Å². The van der Waals surface area contributed by atoms with Gasteiger partial charge in [-0.25, -0.2) is 0 Å². The molecule has 1 N–H and O–H groups in total. The topological polar surface area (TPSA) is 83.6 Å². The van der Waals surface area contributed by atoms with Crippen LogP contribution in [0.3, 0.4) is 0 Å². The Labute approximate surface area is 174 Å². The molecule has 0 aliphatic carbocycles. The summed E-state index contributed by atoms with van der Waals surface area (Å²) in [7, 11) is 0. The molecule has 0 saturated heterocycles. The molecular weight excluding hydrogens is 386 g/mol. The molecule has 7 heteroatoms. The Morgan fingerprint density at radius 2 is 2.07 bits per heavy atom. The molecule has 1 aliphatic rings. The number of anilines is 1. The largest absolute Gasteiger partial charge is 0.322 e. The number of aryl methyl sites for hydroxylation is 1. The first-order valence-corrected chi connectivity index (χ1v) is 10.0. The summed E-state index contributed by atoms with van der Waals surface area (Å²) in [6.45, 7) is 0.871. The second-order valence-corrected chi connectivity index (χ2v) is 7.49. The van der Waals surface area contributed by atoms with Crippen LogP contribution in [-0.4, -0.2) is 20.7 Å². The molecule has 3 aromatic rings. The fourth-order valence-electron chi connectivity index (χ4n) is 3.58. The maximum absolute atomic E-state index is 12.7. The van der Waals surface area contributed by atoms with E-state index in [1.165, 1.54) is 6.42 Å². The molecule has 0 spiro atoms. The van der Waals surface area contributed by atoms with Crippen LogP contribution in [0.2, 0.25) is 5.02 Å². The summed E-state index contributed by atoms with van der Waals surface area (Å²) in [5.74, 6) is 1.48. The number of nitrogens with one attached hydrogen (secondary N) is 1. The van der Waals surface area contributed by atoms with Crippen molar-refractivity contribution in [3.63, 3.8) is 0 Å². The van der Waals surface area contributed by atoms with Gasteiger partial charge in [0.2, 0.25) is 0 Å². The summed E-state index contributed by atoms with van der Waals surface area (Å²) in [5.41, 5.74) is 2.70. The molecule has 4 rings (SSSR count). The van der Waals surface area contributed by atoms with E-state index in [0.717, 1.165) is 48.6 Å². The molecule has 0 radical (unpaired) electrons. The van der Waals surface area contributed by atoms with Crippen molar-refractivity contribution in [2.45, 2.75) is 38.6 Å². The van der Waals surface area contributed by atoms with E-state index in [4.69, 9.17) is 16.9 Å². The van der Waals surface area contributed by atoms with E-state index >= 15 is 0 Å². The Kier molecular flexibility index (Phi) is 5.59. The fourth-order valence-corrected chi connectivity index (χ4v) is 3.78. The second-order valence-electron chi connectivity index (χ2n) is 7.09. The summed E-state index contributed by atoms with van der Waals surface area (Å²) < 4.78 is 2.13. The third-order valence-electron chi connectivity index (χ3n) is 5.05. The van der Waals surface area contributed by atoms with E-state index in [-0.39, 0.29) is 12.3 Å². The SMILES string of the molecule is N#CCc1cccc(C(=O)Nc2ccc(Cl)c(-c3nnc4n3CCCCC4)c2)c1. The summed E-state index contributed by atoms with van der Waals surface area (Å²) >= 11 is 6.46. The second kappa shape index (κ2) is 8.46. The lowest BCUT2D eigenvalue weighted by molar-refractivity contribution is 0.102. The number of hydrogen-bond acceptors (Lipinski definition) is 4. The zero-order valence-electron chi connectivity index (χ0n) is 15.9. The molecule has 146 valence electrons. The van der Waals surface area contributed by atoms with Crippen LogP contribution in [0.5, 0.6) is 0 Å². The number of nitrogens with zero attached hydrogens (tertiary/aromatic N) is 4. The maximum Gasteiger partial charge on any atom is 0.255 e. The molecule has 2 aromatic carbocycles. The Bertz CT molecular complexity index is 1100. The quantitative estimate of drug-likeness (QED) is 0.685. The Balaban J connectivity index is 1.61. The molecule has 6 nitrogen and oxygen atoms in total. The van der Waals surface area contributed by atoms with Crippen LogP contribution in [-0.2, 0) is 19.4 Å². The summed E-state index contributed by atoms with van der Waals surface area (Å²) in [4.78, 5) is 12.7. The van der Waals surface area contributed by atoms with E-state index < -0.39 is 0 Å². The number of aromatic nitrogens is 3. The lowest BCUT2D eigenvalue weighted by atomic mass is 10.1. The number of rotatable bonds is 4. The molecular formula is C22H20ClN5O. The number of fused-ring (bicyclic) bond motifs is 1. The van der Waals surface area contributed by atoms with E-state index in [1.807, 2.05) is 12.1 Å². The zero-order valence-corrected chi connectivity index (χ0v) is 16.6. The van der Waals surface area contributed by atoms with Gasteiger partial charge in [0.05, 0.1) is 17.5 Å². The molecule has 1 aliphatic heterocycles. The number of amides is 1. The van der Waals surface area contributed by atoms with Crippen molar-refractivity contribution in [3.05, 3.63) is 64.4 Å². The van der Waals surface area contributed by atoms with Crippen molar-refractivity contribution in [3.8, 4) is 17.5 Å². The molecule has 0 unspecified atom stereocenters. The van der Waals surface area contributed by atoms with Crippen LogP contribution in [0.15, 0.2) is 42.5 Å². The van der Waals surface area contributed by atoms with Gasteiger partial charge in [-0.05, 0) is 48.7 Å². The van der Waals surface area contributed by atoms with Crippen LogP contribution < -0.4 is 5.32 Å². The van der Waals surface area contributed by atoms with Gasteiger partial charge < -0.3 is 9.88 Å². The van der Waals surface area contributed by atoms with Gasteiger partial charge in [0.25, 0.3) is 5.91 Å². The van der Waals surface area contributed by atoms with Crippen LogP contribution in [0, 0.1) is 11.3 Å². The number of nitriles is 1. The fraction of sp³-hybridized carbons (Fsp3) is 0.273. The van der Waals surface area contributed by atoms with Gasteiger partial charge in [-0.2, -0.15) is 5.26 Å². The molecule has 0 saturated carbocycles. The van der Waals surface area contributed by atoms with Gasteiger partial charge in [0.15, 0.2) is 5.82 Å². The molecule has 0 fully saturated rings. The zero-order chi connectivity index (χ0) is 20.2. The molecule has 1 aromatic heterocycles. The highest BCUT2D eigenvalue weighted by molar-refractivity contribution is 6.33. The van der Waals surface area contributed by atoms with Crippen LogP contribution in [0.25, 0.3) is 11.4 Å².